The molecule has 0 aromatic rings. The van der Waals surface area contributed by atoms with E-state index in [4.69, 9.17) is 28.4 Å². The fourth-order valence-corrected chi connectivity index (χ4v) is 13.5. The van der Waals surface area contributed by atoms with Gasteiger partial charge >= 0.3 is 5.97 Å². The lowest BCUT2D eigenvalue weighted by Gasteiger charge is -2.50. The second-order valence-corrected chi connectivity index (χ2v) is 28.2. The Bertz CT molecular complexity index is 2060. The van der Waals surface area contributed by atoms with E-state index in [0.29, 0.717) is 19.3 Å². The molecular formula is C75H138N2O21. The number of hydrogen-bond acceptors (Lipinski definition) is 20. The number of allylic oxidation sites excluding steroid dienone is 4. The molecule has 0 spiro atoms. The first kappa shape index (κ1) is 89.4. The van der Waals surface area contributed by atoms with Crippen LogP contribution in [0.1, 0.15) is 297 Å². The number of carboxylic acids is 1. The number of carboxylic acid groups (broad SMARTS) is 1. The first-order valence-electron chi connectivity index (χ1n) is 38.7. The van der Waals surface area contributed by atoms with Crippen LogP contribution in [0.4, 0.5) is 0 Å². The van der Waals surface area contributed by atoms with Gasteiger partial charge in [0.15, 0.2) is 12.6 Å². The largest absolute Gasteiger partial charge is 0.477 e. The lowest BCUT2D eigenvalue weighted by molar-refractivity contribution is -0.386. The smallest absolute Gasteiger partial charge is 0.364 e. The molecule has 3 aliphatic rings. The van der Waals surface area contributed by atoms with E-state index < -0.39 is 148 Å². The first-order valence-corrected chi connectivity index (χ1v) is 38.7. The lowest BCUT2D eigenvalue weighted by Crippen LogP contribution is -2.70. The molecule has 14 N–H and O–H groups in total. The third kappa shape index (κ3) is 35.6. The van der Waals surface area contributed by atoms with Crippen molar-refractivity contribution in [2.24, 2.45) is 0 Å². The molecule has 98 heavy (non-hydrogen) atoms. The highest BCUT2D eigenvalue weighted by atomic mass is 16.8. The van der Waals surface area contributed by atoms with E-state index in [9.17, 15) is 75.7 Å². The third-order valence-electron chi connectivity index (χ3n) is 19.7. The van der Waals surface area contributed by atoms with E-state index >= 15 is 0 Å². The Morgan fingerprint density at radius 3 is 1.43 bits per heavy atom. The fraction of sp³-hybridized carbons (Fsp3) is 0.907. The maximum absolute atomic E-state index is 13.5. The fourth-order valence-electron chi connectivity index (χ4n) is 13.5. The van der Waals surface area contributed by atoms with Crippen LogP contribution in [0.3, 0.4) is 0 Å². The number of carbonyl (C=O) groups excluding carboxylic acids is 2. The SMILES string of the molecule is CCCCCCCCCCC/C=C\C/C=C\CCCCCCCCCC(=O)NC(COC1OC(CO)C(OC2OC(CO)C(O)C(OC3(C(=O)O)CC(O)C(NC(C)=O)C(C(O)C(O)CO)O3)C2O)C(O)C1O)C(O)CCCCCCCCCCCCCCCCCCCCCCC. The zero-order valence-corrected chi connectivity index (χ0v) is 60.4. The van der Waals surface area contributed by atoms with Gasteiger partial charge in [0.05, 0.1) is 50.7 Å². The number of rotatable bonds is 60. The van der Waals surface area contributed by atoms with Gasteiger partial charge < -0.3 is 100 Å². The third-order valence-corrected chi connectivity index (χ3v) is 19.7. The van der Waals surface area contributed by atoms with Gasteiger partial charge in [-0.1, -0.05) is 256 Å². The molecule has 3 aliphatic heterocycles. The summed E-state index contributed by atoms with van der Waals surface area (Å²) in [7, 11) is 0. The van der Waals surface area contributed by atoms with Crippen LogP contribution in [-0.2, 0) is 42.8 Å². The second-order valence-electron chi connectivity index (χ2n) is 28.2. The van der Waals surface area contributed by atoms with Crippen LogP contribution in [0, 0.1) is 0 Å². The van der Waals surface area contributed by atoms with Crippen molar-refractivity contribution in [1.82, 2.24) is 10.6 Å². The van der Waals surface area contributed by atoms with Gasteiger partial charge in [0.2, 0.25) is 11.8 Å². The molecule has 0 aliphatic carbocycles. The number of carbonyl (C=O) groups is 3. The van der Waals surface area contributed by atoms with Gasteiger partial charge in [0.1, 0.15) is 67.1 Å². The number of unbranched alkanes of at least 4 members (excludes halogenated alkanes) is 36. The first-order chi connectivity index (χ1) is 47.4. The predicted octanol–water partition coefficient (Wildman–Crippen LogP) is 9.18. The topological polar surface area (TPSA) is 373 Å². The van der Waals surface area contributed by atoms with Crippen molar-refractivity contribution in [2.45, 2.75) is 407 Å². The summed E-state index contributed by atoms with van der Waals surface area (Å²) >= 11 is 0. The van der Waals surface area contributed by atoms with Gasteiger partial charge in [-0.3, -0.25) is 9.59 Å². The monoisotopic (exact) mass is 1400 g/mol. The Hall–Kier alpha value is -2.79. The Balaban J connectivity index is 1.55. The van der Waals surface area contributed by atoms with Gasteiger partial charge in [0, 0.05) is 19.8 Å². The highest BCUT2D eigenvalue weighted by Gasteiger charge is 2.60. The average Bonchev–Trinajstić information content (AvgIpc) is 0.757. The molecule has 3 heterocycles. The van der Waals surface area contributed by atoms with Gasteiger partial charge in [-0.05, 0) is 44.9 Å². The standard InChI is InChI=1S/C75H138N2O21/c1-4-6-8-10-12-14-16-18-20-22-24-26-27-29-31-33-35-37-39-41-43-45-47-49-62(85)77-56(57(82)48-46-44-42-40-38-36-34-32-30-28-25-23-21-19-17-15-13-11-9-7-5-2)54-93-72-67(89)66(88)69(61(53-80)95-72)96-73-68(90)71(65(87)60(52-79)94-73)98-75(74(91)92)50-58(83)63(76-55(3)81)70(97-75)64(86)59(84)51-78/h24,26,29,31,56-61,63-73,78-80,82-84,86-90H,4-23,25,27-28,30,32-54H2,1-3H3,(H,76,81)(H,77,85)(H,91,92)/b26-24-,31-29-. The molecule has 18 unspecified atom stereocenters. The average molecular weight is 1400 g/mol. The molecule has 23 nitrogen and oxygen atoms in total. The number of aliphatic carboxylic acids is 1. The van der Waals surface area contributed by atoms with Crippen LogP contribution in [0.25, 0.3) is 0 Å². The van der Waals surface area contributed by atoms with Gasteiger partial charge in [-0.15, -0.1) is 0 Å². The zero-order valence-electron chi connectivity index (χ0n) is 60.4. The van der Waals surface area contributed by atoms with Crippen molar-refractivity contribution in [1.29, 1.82) is 0 Å². The maximum atomic E-state index is 13.5. The Labute approximate surface area is 587 Å². The van der Waals surface area contributed by atoms with E-state index in [1.165, 1.54) is 161 Å². The number of aliphatic hydroxyl groups is 11. The van der Waals surface area contributed by atoms with Crippen molar-refractivity contribution in [3.8, 4) is 0 Å². The van der Waals surface area contributed by atoms with E-state index in [0.717, 1.165) is 90.4 Å². The Kier molecular flexibility index (Phi) is 50.0. The number of amides is 2. The number of hydrogen-bond donors (Lipinski definition) is 14. The van der Waals surface area contributed by atoms with Gasteiger partial charge in [0.25, 0.3) is 5.79 Å². The molecular weight excluding hydrogens is 1260 g/mol. The highest BCUT2D eigenvalue weighted by Crippen LogP contribution is 2.39. The lowest BCUT2D eigenvalue weighted by atomic mass is 9.88. The van der Waals surface area contributed by atoms with Gasteiger partial charge in [-0.2, -0.15) is 0 Å². The van der Waals surface area contributed by atoms with Crippen LogP contribution in [0.2, 0.25) is 0 Å². The molecule has 0 aromatic carbocycles. The highest BCUT2D eigenvalue weighted by molar-refractivity contribution is 5.77. The molecule has 0 bridgehead atoms. The minimum atomic E-state index is -3.08. The van der Waals surface area contributed by atoms with Crippen LogP contribution in [-0.4, -0.2) is 215 Å². The second kappa shape index (κ2) is 54.8. The molecule has 3 saturated heterocycles. The molecule has 3 rings (SSSR count). The minimum Gasteiger partial charge on any atom is -0.477 e. The normalized spacial score (nSPS) is 27.3. The van der Waals surface area contributed by atoms with E-state index in [1.54, 1.807) is 0 Å². The number of nitrogens with one attached hydrogen (secondary N) is 2. The Morgan fingerprint density at radius 1 is 0.531 bits per heavy atom. The molecule has 18 atom stereocenters. The van der Waals surface area contributed by atoms with Crippen molar-refractivity contribution in [3.63, 3.8) is 0 Å². The van der Waals surface area contributed by atoms with Crippen molar-refractivity contribution in [2.75, 3.05) is 26.4 Å². The number of ether oxygens (including phenoxy) is 6. The summed E-state index contributed by atoms with van der Waals surface area (Å²) in [5.74, 6) is -6.11. The summed E-state index contributed by atoms with van der Waals surface area (Å²) in [6.07, 6.45) is 28.8. The minimum absolute atomic E-state index is 0.215. The van der Waals surface area contributed by atoms with Crippen LogP contribution in [0.5, 0.6) is 0 Å². The summed E-state index contributed by atoms with van der Waals surface area (Å²) in [5, 5.41) is 136. The van der Waals surface area contributed by atoms with Crippen molar-refractivity contribution >= 4 is 17.8 Å². The van der Waals surface area contributed by atoms with Crippen LogP contribution >= 0.6 is 0 Å². The Morgan fingerprint density at radius 2 is 0.980 bits per heavy atom. The molecule has 2 amide bonds. The summed E-state index contributed by atoms with van der Waals surface area (Å²) in [4.78, 5) is 38.7. The van der Waals surface area contributed by atoms with Crippen molar-refractivity contribution < 1.29 is 104 Å². The van der Waals surface area contributed by atoms with E-state index in [1.807, 2.05) is 0 Å². The van der Waals surface area contributed by atoms with Crippen LogP contribution in [0.15, 0.2) is 24.3 Å². The summed E-state index contributed by atoms with van der Waals surface area (Å²) in [6, 6.07) is -2.54. The van der Waals surface area contributed by atoms with E-state index in [-0.39, 0.29) is 18.9 Å². The zero-order chi connectivity index (χ0) is 71.8. The summed E-state index contributed by atoms with van der Waals surface area (Å²) in [5.41, 5.74) is 0. The van der Waals surface area contributed by atoms with E-state index in [2.05, 4.69) is 48.8 Å². The molecule has 3 fully saturated rings. The molecule has 0 radical (unpaired) electrons. The van der Waals surface area contributed by atoms with Crippen LogP contribution < -0.4 is 10.6 Å². The maximum Gasteiger partial charge on any atom is 0.364 e. The molecule has 0 aromatic heterocycles. The molecule has 0 saturated carbocycles. The summed E-state index contributed by atoms with van der Waals surface area (Å²) in [6.45, 7) is 2.23. The van der Waals surface area contributed by atoms with Gasteiger partial charge in [-0.25, -0.2) is 4.79 Å². The predicted molar refractivity (Wildman–Crippen MR) is 375 cm³/mol. The molecule has 23 heteroatoms. The van der Waals surface area contributed by atoms with Crippen molar-refractivity contribution in [3.05, 3.63) is 24.3 Å². The number of aliphatic hydroxyl groups excluding tert-OH is 11. The quantitative estimate of drug-likeness (QED) is 0.0199. The summed E-state index contributed by atoms with van der Waals surface area (Å²) < 4.78 is 34.9. The molecule has 574 valence electrons.